The van der Waals surface area contributed by atoms with Crippen molar-refractivity contribution in [1.82, 2.24) is 4.98 Å². The fourth-order valence-corrected chi connectivity index (χ4v) is 4.35. The minimum atomic E-state index is -0.233. The first kappa shape index (κ1) is 18.7. The number of ether oxygens (including phenoxy) is 1. The lowest BCUT2D eigenvalue weighted by atomic mass is 10.1. The lowest BCUT2D eigenvalue weighted by molar-refractivity contribution is -0.141. The molecule has 28 heavy (non-hydrogen) atoms. The molecule has 0 aliphatic heterocycles. The minimum absolute atomic E-state index is 0.208. The van der Waals surface area contributed by atoms with Crippen LogP contribution >= 0.6 is 23.1 Å². The topological polar surface area (TPSA) is 39.2 Å². The van der Waals surface area contributed by atoms with E-state index < -0.39 is 0 Å². The van der Waals surface area contributed by atoms with E-state index in [0.29, 0.717) is 0 Å². The molecule has 4 aromatic rings. The largest absolute Gasteiger partial charge is 0.459 e. The summed E-state index contributed by atoms with van der Waals surface area (Å²) >= 11 is 3.05. The highest BCUT2D eigenvalue weighted by molar-refractivity contribution is 8.00. The third-order valence-corrected chi connectivity index (χ3v) is 6.22. The molecular weight excluding hydrogens is 386 g/mol. The predicted molar refractivity (Wildman–Crippen MR) is 117 cm³/mol. The predicted octanol–water partition coefficient (Wildman–Crippen LogP) is 6.11. The average Bonchev–Trinajstić information content (AvgIpc) is 3.20. The third kappa shape index (κ3) is 4.61. The monoisotopic (exact) mass is 405 g/mol. The Morgan fingerprint density at radius 1 is 1.04 bits per heavy atom. The van der Waals surface area contributed by atoms with Crippen molar-refractivity contribution in [2.45, 2.75) is 18.4 Å². The van der Waals surface area contributed by atoms with Gasteiger partial charge < -0.3 is 4.74 Å². The first-order valence-corrected chi connectivity index (χ1v) is 10.8. The van der Waals surface area contributed by atoms with Crippen LogP contribution in [0.1, 0.15) is 11.3 Å². The number of thioether (sulfide) groups is 1. The normalized spacial score (nSPS) is 10.9. The second-order valence-electron chi connectivity index (χ2n) is 6.47. The van der Waals surface area contributed by atoms with E-state index in [0.717, 1.165) is 21.2 Å². The number of hydrogen-bond acceptors (Lipinski definition) is 5. The van der Waals surface area contributed by atoms with E-state index in [2.05, 4.69) is 60.4 Å². The van der Waals surface area contributed by atoms with Crippen LogP contribution in [-0.4, -0.2) is 16.7 Å². The number of esters is 1. The quantitative estimate of drug-likeness (QED) is 0.287. The molecule has 4 rings (SSSR count). The number of hydrogen-bond donors (Lipinski definition) is 0. The summed E-state index contributed by atoms with van der Waals surface area (Å²) in [6, 6.07) is 22.7. The molecule has 3 nitrogen and oxygen atoms in total. The SMILES string of the molecule is Cc1ccc(-c2nc(COC(=O)CSc3ccc4ccccc4c3)cs2)cc1. The molecule has 3 aromatic carbocycles. The summed E-state index contributed by atoms with van der Waals surface area (Å²) in [4.78, 5) is 17.7. The van der Waals surface area contributed by atoms with Gasteiger partial charge in [-0.3, -0.25) is 4.79 Å². The Labute approximate surface area is 172 Å². The second-order valence-corrected chi connectivity index (χ2v) is 8.38. The Hall–Kier alpha value is -2.63. The molecule has 0 spiro atoms. The molecule has 0 unspecified atom stereocenters. The van der Waals surface area contributed by atoms with E-state index >= 15 is 0 Å². The summed E-state index contributed by atoms with van der Waals surface area (Å²) < 4.78 is 5.39. The van der Waals surface area contributed by atoms with Gasteiger partial charge in [-0.15, -0.1) is 23.1 Å². The summed E-state index contributed by atoms with van der Waals surface area (Å²) in [7, 11) is 0. The highest BCUT2D eigenvalue weighted by atomic mass is 32.2. The molecule has 0 saturated heterocycles. The second kappa shape index (κ2) is 8.59. The lowest BCUT2D eigenvalue weighted by Crippen LogP contribution is -2.07. The van der Waals surface area contributed by atoms with Gasteiger partial charge in [0.15, 0.2) is 0 Å². The van der Waals surface area contributed by atoms with Crippen LogP contribution in [0, 0.1) is 6.92 Å². The lowest BCUT2D eigenvalue weighted by Gasteiger charge is -2.05. The Morgan fingerprint density at radius 3 is 2.64 bits per heavy atom. The van der Waals surface area contributed by atoms with Crippen LogP contribution < -0.4 is 0 Å². The highest BCUT2D eigenvalue weighted by Crippen LogP contribution is 2.25. The van der Waals surface area contributed by atoms with Crippen LogP contribution in [-0.2, 0) is 16.1 Å². The van der Waals surface area contributed by atoms with Crippen molar-refractivity contribution in [2.75, 3.05) is 5.75 Å². The van der Waals surface area contributed by atoms with Gasteiger partial charge in [0.2, 0.25) is 0 Å². The van der Waals surface area contributed by atoms with Crippen molar-refractivity contribution in [3.63, 3.8) is 0 Å². The number of fused-ring (bicyclic) bond motifs is 1. The van der Waals surface area contributed by atoms with Crippen LogP contribution in [0.5, 0.6) is 0 Å². The molecule has 0 N–H and O–H groups in total. The van der Waals surface area contributed by atoms with Gasteiger partial charge in [-0.2, -0.15) is 0 Å². The zero-order valence-electron chi connectivity index (χ0n) is 15.4. The zero-order valence-corrected chi connectivity index (χ0v) is 17.1. The van der Waals surface area contributed by atoms with Crippen molar-refractivity contribution in [2.24, 2.45) is 0 Å². The fourth-order valence-electron chi connectivity index (χ4n) is 2.80. The number of carbonyl (C=O) groups is 1. The van der Waals surface area contributed by atoms with Crippen LogP contribution in [0.2, 0.25) is 0 Å². The summed E-state index contributed by atoms with van der Waals surface area (Å²) in [5.74, 6) is 0.0517. The number of nitrogens with zero attached hydrogens (tertiary/aromatic N) is 1. The highest BCUT2D eigenvalue weighted by Gasteiger charge is 2.09. The molecule has 0 radical (unpaired) electrons. The van der Waals surface area contributed by atoms with Crippen LogP contribution in [0.25, 0.3) is 21.3 Å². The molecular formula is C23H19NO2S2. The minimum Gasteiger partial charge on any atom is -0.459 e. The number of aryl methyl sites for hydroxylation is 1. The van der Waals surface area contributed by atoms with Crippen molar-refractivity contribution in [1.29, 1.82) is 0 Å². The van der Waals surface area contributed by atoms with Gasteiger partial charge >= 0.3 is 5.97 Å². The van der Waals surface area contributed by atoms with Gasteiger partial charge in [0.05, 0.1) is 11.4 Å². The average molecular weight is 406 g/mol. The summed E-state index contributed by atoms with van der Waals surface area (Å²) in [6.07, 6.45) is 0. The Kier molecular flexibility index (Phi) is 5.74. The molecule has 1 aromatic heterocycles. The first-order chi connectivity index (χ1) is 13.7. The Balaban J connectivity index is 1.30. The van der Waals surface area contributed by atoms with Gasteiger partial charge in [0.25, 0.3) is 0 Å². The molecule has 0 aliphatic carbocycles. The molecule has 5 heteroatoms. The van der Waals surface area contributed by atoms with Crippen molar-refractivity contribution in [3.8, 4) is 10.6 Å². The molecule has 140 valence electrons. The van der Waals surface area contributed by atoms with E-state index in [-0.39, 0.29) is 18.3 Å². The molecule has 0 saturated carbocycles. The van der Waals surface area contributed by atoms with Crippen LogP contribution in [0.4, 0.5) is 0 Å². The number of carbonyl (C=O) groups excluding carboxylic acids is 1. The molecule has 0 amide bonds. The Morgan fingerprint density at radius 2 is 1.82 bits per heavy atom. The van der Waals surface area contributed by atoms with E-state index in [9.17, 15) is 4.79 Å². The first-order valence-electron chi connectivity index (χ1n) is 8.96. The van der Waals surface area contributed by atoms with Crippen molar-refractivity contribution in [3.05, 3.63) is 83.4 Å². The summed E-state index contributed by atoms with van der Waals surface area (Å²) in [5, 5.41) is 5.25. The fraction of sp³-hybridized carbons (Fsp3) is 0.130. The van der Waals surface area contributed by atoms with Gasteiger partial charge in [-0.05, 0) is 29.8 Å². The smallest absolute Gasteiger partial charge is 0.316 e. The molecule has 0 bridgehead atoms. The molecule has 0 fully saturated rings. The maximum absolute atomic E-state index is 12.1. The standard InChI is InChI=1S/C23H19NO2S2/c1-16-6-8-18(9-7-16)23-24-20(14-28-23)13-26-22(25)15-27-21-11-10-17-4-2-3-5-19(17)12-21/h2-12,14H,13,15H2,1H3. The van der Waals surface area contributed by atoms with E-state index in [1.54, 1.807) is 11.3 Å². The van der Waals surface area contributed by atoms with E-state index in [1.807, 2.05) is 23.6 Å². The molecule has 0 atom stereocenters. The summed E-state index contributed by atoms with van der Waals surface area (Å²) in [5.41, 5.74) is 3.09. The molecule has 0 aliphatic rings. The van der Waals surface area contributed by atoms with Gasteiger partial charge in [0.1, 0.15) is 11.6 Å². The van der Waals surface area contributed by atoms with Crippen molar-refractivity contribution < 1.29 is 9.53 Å². The maximum Gasteiger partial charge on any atom is 0.316 e. The third-order valence-electron chi connectivity index (χ3n) is 4.31. The molecule has 1 heterocycles. The van der Waals surface area contributed by atoms with Gasteiger partial charge in [0, 0.05) is 15.8 Å². The van der Waals surface area contributed by atoms with Gasteiger partial charge in [-0.1, -0.05) is 60.2 Å². The van der Waals surface area contributed by atoms with E-state index in [1.165, 1.54) is 28.1 Å². The number of rotatable bonds is 6. The van der Waals surface area contributed by atoms with Crippen molar-refractivity contribution >= 4 is 39.8 Å². The summed E-state index contributed by atoms with van der Waals surface area (Å²) in [6.45, 7) is 2.27. The number of aromatic nitrogens is 1. The van der Waals surface area contributed by atoms with Gasteiger partial charge in [-0.25, -0.2) is 4.98 Å². The number of thiazole rings is 1. The van der Waals surface area contributed by atoms with Crippen LogP contribution in [0.15, 0.2) is 77.0 Å². The maximum atomic E-state index is 12.1. The zero-order chi connectivity index (χ0) is 19.3. The van der Waals surface area contributed by atoms with Crippen LogP contribution in [0.3, 0.4) is 0 Å². The number of benzene rings is 3. The van der Waals surface area contributed by atoms with E-state index in [4.69, 9.17) is 4.74 Å². The Bertz CT molecular complexity index is 1100.